The number of rotatable bonds is 10. The van der Waals surface area contributed by atoms with E-state index < -0.39 is 0 Å². The Morgan fingerprint density at radius 1 is 0.800 bits per heavy atom. The topological polar surface area (TPSA) is 12.9 Å². The first-order valence-corrected chi connectivity index (χ1v) is 13.6. The van der Waals surface area contributed by atoms with E-state index in [9.17, 15) is 0 Å². The molecule has 0 aromatic carbocycles. The van der Waals surface area contributed by atoms with Crippen molar-refractivity contribution in [1.82, 2.24) is 4.98 Å². The first kappa shape index (κ1) is 23.8. The Labute approximate surface area is 187 Å². The van der Waals surface area contributed by atoms with Crippen LogP contribution in [0.2, 0.25) is 0 Å². The van der Waals surface area contributed by atoms with Crippen LogP contribution in [0.4, 0.5) is 0 Å². The summed E-state index contributed by atoms with van der Waals surface area (Å²) >= 11 is 0. The van der Waals surface area contributed by atoms with E-state index in [-0.39, 0.29) is 0 Å². The van der Waals surface area contributed by atoms with Crippen molar-refractivity contribution >= 4 is 0 Å². The zero-order valence-corrected chi connectivity index (χ0v) is 20.5. The molecular weight excluding hydrogens is 362 g/mol. The Balaban J connectivity index is 1.43. The van der Waals surface area contributed by atoms with Gasteiger partial charge in [0.2, 0.25) is 0 Å². The van der Waals surface area contributed by atoms with Gasteiger partial charge in [0.15, 0.2) is 0 Å². The van der Waals surface area contributed by atoms with Crippen LogP contribution in [0.5, 0.6) is 0 Å². The van der Waals surface area contributed by atoms with Crippen LogP contribution in [0.1, 0.15) is 128 Å². The molecule has 1 heteroatoms. The molecule has 0 N–H and O–H groups in total. The van der Waals surface area contributed by atoms with Crippen LogP contribution in [0.15, 0.2) is 18.3 Å². The number of nitrogens with zero attached hydrogens (tertiary/aromatic N) is 1. The molecule has 2 aliphatic carbocycles. The molecule has 1 heterocycles. The second kappa shape index (κ2) is 12.3. The third-order valence-corrected chi connectivity index (χ3v) is 8.98. The third kappa shape index (κ3) is 6.57. The molecule has 0 spiro atoms. The van der Waals surface area contributed by atoms with E-state index in [4.69, 9.17) is 4.98 Å². The van der Waals surface area contributed by atoms with Gasteiger partial charge in [-0.2, -0.15) is 0 Å². The van der Waals surface area contributed by atoms with Crippen molar-refractivity contribution < 1.29 is 0 Å². The van der Waals surface area contributed by atoms with Gasteiger partial charge in [0.25, 0.3) is 0 Å². The zero-order chi connectivity index (χ0) is 21.3. The molecule has 1 aromatic rings. The monoisotopic (exact) mass is 411 g/mol. The summed E-state index contributed by atoms with van der Waals surface area (Å²) in [5.41, 5.74) is 2.76. The van der Waals surface area contributed by atoms with Gasteiger partial charge in [0, 0.05) is 17.8 Å². The van der Waals surface area contributed by atoms with Crippen molar-refractivity contribution in [2.75, 3.05) is 0 Å². The summed E-state index contributed by atoms with van der Waals surface area (Å²) in [6.07, 6.45) is 21.9. The smallest absolute Gasteiger partial charge is 0.0434 e. The Morgan fingerprint density at radius 2 is 1.43 bits per heavy atom. The van der Waals surface area contributed by atoms with Gasteiger partial charge >= 0.3 is 0 Å². The largest absolute Gasteiger partial charge is 0.261 e. The standard InChI is InChI=1S/C29H49N/c1-5-7-8-10-25-13-20-29(30-21-25)23(4)28-18-16-27(17-19-28)22(3)26-14-11-24(9-6-2)12-15-26/h13,20-24,26-28H,5-12,14-19H2,1-4H3. The van der Waals surface area contributed by atoms with Gasteiger partial charge in [-0.3, -0.25) is 4.98 Å². The Hall–Kier alpha value is -0.850. The van der Waals surface area contributed by atoms with Crippen molar-refractivity contribution in [2.24, 2.45) is 29.6 Å². The van der Waals surface area contributed by atoms with Crippen LogP contribution < -0.4 is 0 Å². The second-order valence-corrected chi connectivity index (χ2v) is 10.9. The molecule has 0 bridgehead atoms. The highest BCUT2D eigenvalue weighted by atomic mass is 14.7. The fraction of sp³-hybridized carbons (Fsp3) is 0.828. The van der Waals surface area contributed by atoms with Crippen LogP contribution in [-0.4, -0.2) is 4.98 Å². The lowest BCUT2D eigenvalue weighted by atomic mass is 9.66. The highest BCUT2D eigenvalue weighted by Gasteiger charge is 2.33. The van der Waals surface area contributed by atoms with Crippen LogP contribution in [-0.2, 0) is 6.42 Å². The molecule has 0 saturated heterocycles. The lowest BCUT2D eigenvalue weighted by Gasteiger charge is -2.40. The minimum Gasteiger partial charge on any atom is -0.261 e. The lowest BCUT2D eigenvalue weighted by Crippen LogP contribution is -2.29. The maximum atomic E-state index is 4.88. The third-order valence-electron chi connectivity index (χ3n) is 8.98. The van der Waals surface area contributed by atoms with E-state index in [2.05, 4.69) is 46.0 Å². The molecule has 2 aliphatic rings. The molecule has 2 unspecified atom stereocenters. The van der Waals surface area contributed by atoms with Gasteiger partial charge in [-0.05, 0) is 92.6 Å². The molecule has 2 atom stereocenters. The maximum absolute atomic E-state index is 4.88. The molecule has 0 radical (unpaired) electrons. The highest BCUT2D eigenvalue weighted by Crippen LogP contribution is 2.45. The molecule has 2 fully saturated rings. The molecule has 1 nitrogen and oxygen atoms in total. The van der Waals surface area contributed by atoms with Crippen LogP contribution in [0, 0.1) is 29.6 Å². The summed E-state index contributed by atoms with van der Waals surface area (Å²) in [6, 6.07) is 4.67. The fourth-order valence-corrected chi connectivity index (χ4v) is 6.64. The number of hydrogen-bond donors (Lipinski definition) is 0. The van der Waals surface area contributed by atoms with E-state index in [1.165, 1.54) is 101 Å². The minimum absolute atomic E-state index is 0.621. The summed E-state index contributed by atoms with van der Waals surface area (Å²) in [5.74, 6) is 5.45. The van der Waals surface area contributed by atoms with Crippen molar-refractivity contribution in [3.05, 3.63) is 29.6 Å². The lowest BCUT2D eigenvalue weighted by molar-refractivity contribution is 0.118. The fourth-order valence-electron chi connectivity index (χ4n) is 6.64. The molecule has 3 rings (SSSR count). The maximum Gasteiger partial charge on any atom is 0.0434 e. The molecular formula is C29H49N. The molecule has 2 saturated carbocycles. The van der Waals surface area contributed by atoms with Crippen molar-refractivity contribution in [1.29, 1.82) is 0 Å². The van der Waals surface area contributed by atoms with Crippen LogP contribution in [0.3, 0.4) is 0 Å². The van der Waals surface area contributed by atoms with Gasteiger partial charge in [-0.15, -0.1) is 0 Å². The molecule has 30 heavy (non-hydrogen) atoms. The first-order valence-electron chi connectivity index (χ1n) is 13.6. The number of hydrogen-bond acceptors (Lipinski definition) is 1. The number of aryl methyl sites for hydroxylation is 1. The quantitative estimate of drug-likeness (QED) is 0.350. The summed E-state index contributed by atoms with van der Waals surface area (Å²) in [6.45, 7) is 9.66. The predicted molar refractivity (Wildman–Crippen MR) is 131 cm³/mol. The normalized spacial score (nSPS) is 29.5. The van der Waals surface area contributed by atoms with Crippen LogP contribution in [0.25, 0.3) is 0 Å². The van der Waals surface area contributed by atoms with Crippen molar-refractivity contribution in [2.45, 2.75) is 124 Å². The summed E-state index contributed by atoms with van der Waals surface area (Å²) in [5, 5.41) is 0. The Morgan fingerprint density at radius 3 is 2.00 bits per heavy atom. The average Bonchev–Trinajstić information content (AvgIpc) is 2.80. The summed E-state index contributed by atoms with van der Waals surface area (Å²) in [7, 11) is 0. The molecule has 170 valence electrons. The Kier molecular flexibility index (Phi) is 9.72. The van der Waals surface area contributed by atoms with Gasteiger partial charge in [-0.1, -0.05) is 72.3 Å². The zero-order valence-electron chi connectivity index (χ0n) is 20.5. The summed E-state index contributed by atoms with van der Waals surface area (Å²) in [4.78, 5) is 4.88. The van der Waals surface area contributed by atoms with Crippen molar-refractivity contribution in [3.8, 4) is 0 Å². The molecule has 1 aromatic heterocycles. The highest BCUT2D eigenvalue weighted by molar-refractivity contribution is 5.17. The van der Waals surface area contributed by atoms with Gasteiger partial charge in [0.05, 0.1) is 0 Å². The Bertz CT molecular complexity index is 575. The average molecular weight is 412 g/mol. The number of unbranched alkanes of at least 4 members (excludes halogenated alkanes) is 2. The van der Waals surface area contributed by atoms with Gasteiger partial charge < -0.3 is 0 Å². The number of aromatic nitrogens is 1. The van der Waals surface area contributed by atoms with Gasteiger partial charge in [-0.25, -0.2) is 0 Å². The van der Waals surface area contributed by atoms with Crippen molar-refractivity contribution in [3.63, 3.8) is 0 Å². The SMILES string of the molecule is CCCCCc1ccc(C(C)C2CCC(C(C)C3CCC(CCC)CC3)CC2)nc1. The molecule has 0 aliphatic heterocycles. The predicted octanol–water partition coefficient (Wildman–Crippen LogP) is 8.97. The van der Waals surface area contributed by atoms with Crippen LogP contribution >= 0.6 is 0 Å². The van der Waals surface area contributed by atoms with E-state index in [0.717, 1.165) is 29.6 Å². The van der Waals surface area contributed by atoms with E-state index in [1.54, 1.807) is 0 Å². The molecule has 0 amide bonds. The summed E-state index contributed by atoms with van der Waals surface area (Å²) < 4.78 is 0. The van der Waals surface area contributed by atoms with Gasteiger partial charge in [0.1, 0.15) is 0 Å². The minimum atomic E-state index is 0.621. The van der Waals surface area contributed by atoms with E-state index in [0.29, 0.717) is 5.92 Å². The number of pyridine rings is 1. The van der Waals surface area contributed by atoms with E-state index >= 15 is 0 Å². The van der Waals surface area contributed by atoms with E-state index in [1.807, 2.05) is 0 Å². The first-order chi connectivity index (χ1) is 14.6. The second-order valence-electron chi connectivity index (χ2n) is 10.9.